The molecule has 0 unspecified atom stereocenters. The average Bonchev–Trinajstić information content (AvgIpc) is 3.06. The number of nitrogens with one attached hydrogen (secondary N) is 1. The zero-order chi connectivity index (χ0) is 34.5. The third-order valence-corrected chi connectivity index (χ3v) is 9.24. The monoisotopic (exact) mass is 666 g/mol. The molecule has 1 atom stereocenters. The van der Waals surface area contributed by atoms with Crippen molar-refractivity contribution >= 4 is 17.8 Å². The molecule has 0 aliphatic carbocycles. The molecule has 1 N–H and O–H groups in total. The highest BCUT2D eigenvalue weighted by Gasteiger charge is 2.23. The van der Waals surface area contributed by atoms with Crippen LogP contribution in [0.1, 0.15) is 226 Å². The van der Waals surface area contributed by atoms with Crippen LogP contribution in [0.3, 0.4) is 0 Å². The second-order valence-electron chi connectivity index (χ2n) is 14.0. The van der Waals surface area contributed by atoms with Gasteiger partial charge in [-0.25, -0.2) is 4.79 Å². The number of hydrogen-bond acceptors (Lipinski definition) is 5. The molecule has 0 aromatic heterocycles. The van der Waals surface area contributed by atoms with Gasteiger partial charge < -0.3 is 14.8 Å². The number of rotatable bonds is 37. The van der Waals surface area contributed by atoms with Crippen molar-refractivity contribution in [2.45, 2.75) is 232 Å². The molecular formula is C41H79NO5. The standard InChI is InChI=1S/C41H79NO5/c1-4-7-9-11-13-15-17-19-21-23-25-27-29-31-36-46-40(44)35-34-38(42-39(43)33-6-3)41(45)47-37-32-30-28-26-24-22-20-18-16-14-12-10-8-5-2/h38H,4-37H2,1-3H3,(H,42,43)/t38-/m0/s1. The summed E-state index contributed by atoms with van der Waals surface area (Å²) < 4.78 is 10.9. The van der Waals surface area contributed by atoms with E-state index in [2.05, 4.69) is 19.2 Å². The summed E-state index contributed by atoms with van der Waals surface area (Å²) in [5.74, 6) is -0.931. The van der Waals surface area contributed by atoms with Gasteiger partial charge in [-0.2, -0.15) is 0 Å². The van der Waals surface area contributed by atoms with E-state index in [0.717, 1.165) is 32.1 Å². The Bertz CT molecular complexity index is 697. The number of carbonyl (C=O) groups excluding carboxylic acids is 3. The van der Waals surface area contributed by atoms with Crippen LogP contribution >= 0.6 is 0 Å². The molecule has 0 radical (unpaired) electrons. The number of amides is 1. The summed E-state index contributed by atoms with van der Waals surface area (Å²) in [7, 11) is 0. The topological polar surface area (TPSA) is 81.7 Å². The Morgan fingerprint density at radius 3 is 1.13 bits per heavy atom. The van der Waals surface area contributed by atoms with Gasteiger partial charge in [0.2, 0.25) is 5.91 Å². The quantitative estimate of drug-likeness (QED) is 0.0527. The first-order valence-corrected chi connectivity index (χ1v) is 20.7. The summed E-state index contributed by atoms with van der Waals surface area (Å²) in [5.41, 5.74) is 0. The van der Waals surface area contributed by atoms with Crippen LogP contribution in [0.4, 0.5) is 0 Å². The largest absolute Gasteiger partial charge is 0.466 e. The maximum Gasteiger partial charge on any atom is 0.328 e. The Kier molecular flexibility index (Phi) is 36.0. The van der Waals surface area contributed by atoms with E-state index in [1.165, 1.54) is 148 Å². The van der Waals surface area contributed by atoms with Crippen LogP contribution in [0.15, 0.2) is 0 Å². The fourth-order valence-corrected chi connectivity index (χ4v) is 6.13. The van der Waals surface area contributed by atoms with Gasteiger partial charge in [0.15, 0.2) is 0 Å². The molecule has 1 amide bonds. The minimum Gasteiger partial charge on any atom is -0.466 e. The van der Waals surface area contributed by atoms with Gasteiger partial charge in [0.1, 0.15) is 6.04 Å². The van der Waals surface area contributed by atoms with Crippen LogP contribution in [-0.2, 0) is 23.9 Å². The molecule has 0 rings (SSSR count). The van der Waals surface area contributed by atoms with Crippen molar-refractivity contribution in [2.75, 3.05) is 13.2 Å². The Hall–Kier alpha value is -1.59. The Labute approximate surface area is 292 Å². The van der Waals surface area contributed by atoms with Gasteiger partial charge in [0, 0.05) is 12.8 Å². The fourth-order valence-electron chi connectivity index (χ4n) is 6.13. The fraction of sp³-hybridized carbons (Fsp3) is 0.927. The van der Waals surface area contributed by atoms with Crippen molar-refractivity contribution < 1.29 is 23.9 Å². The Morgan fingerprint density at radius 1 is 0.426 bits per heavy atom. The van der Waals surface area contributed by atoms with Gasteiger partial charge in [0.25, 0.3) is 0 Å². The van der Waals surface area contributed by atoms with Gasteiger partial charge in [0.05, 0.1) is 13.2 Å². The number of esters is 2. The zero-order valence-corrected chi connectivity index (χ0v) is 31.7. The maximum atomic E-state index is 12.7. The number of carbonyl (C=O) groups is 3. The van der Waals surface area contributed by atoms with E-state index in [0.29, 0.717) is 26.1 Å². The lowest BCUT2D eigenvalue weighted by atomic mass is 10.0. The lowest BCUT2D eigenvalue weighted by molar-refractivity contribution is -0.149. The SMILES string of the molecule is CCCCCCCCCCCCCCCCOC(=O)CC[C@H](NC(=O)CCC)C(=O)OCCCCCCCCCCCCCCCC. The smallest absolute Gasteiger partial charge is 0.328 e. The molecule has 0 saturated heterocycles. The summed E-state index contributed by atoms with van der Waals surface area (Å²) in [4.78, 5) is 37.3. The normalized spacial score (nSPS) is 11.8. The van der Waals surface area contributed by atoms with Gasteiger partial charge in [-0.05, 0) is 25.7 Å². The third-order valence-electron chi connectivity index (χ3n) is 9.24. The van der Waals surface area contributed by atoms with E-state index in [1.807, 2.05) is 6.92 Å². The van der Waals surface area contributed by atoms with Crippen molar-refractivity contribution in [1.82, 2.24) is 5.32 Å². The average molecular weight is 666 g/mol. The van der Waals surface area contributed by atoms with Crippen molar-refractivity contribution in [3.05, 3.63) is 0 Å². The Morgan fingerprint density at radius 2 is 0.766 bits per heavy atom. The number of hydrogen-bond donors (Lipinski definition) is 1. The van der Waals surface area contributed by atoms with Gasteiger partial charge in [-0.3, -0.25) is 9.59 Å². The number of ether oxygens (including phenoxy) is 2. The first-order chi connectivity index (χ1) is 23.0. The molecule has 0 fully saturated rings. The van der Waals surface area contributed by atoms with E-state index >= 15 is 0 Å². The minimum absolute atomic E-state index is 0.101. The zero-order valence-electron chi connectivity index (χ0n) is 31.7. The molecule has 0 aromatic carbocycles. The van der Waals surface area contributed by atoms with Crippen LogP contribution in [-0.4, -0.2) is 37.1 Å². The van der Waals surface area contributed by atoms with E-state index in [1.54, 1.807) is 0 Å². The predicted octanol–water partition coefficient (Wildman–Crippen LogP) is 12.1. The van der Waals surface area contributed by atoms with Crippen LogP contribution in [0.25, 0.3) is 0 Å². The maximum absolute atomic E-state index is 12.7. The molecular weight excluding hydrogens is 586 g/mol. The molecule has 47 heavy (non-hydrogen) atoms. The molecule has 6 heteroatoms. The lowest BCUT2D eigenvalue weighted by Gasteiger charge is -2.17. The molecule has 0 heterocycles. The third kappa shape index (κ3) is 34.1. The summed E-state index contributed by atoms with van der Waals surface area (Å²) in [5, 5.41) is 2.78. The second-order valence-corrected chi connectivity index (χ2v) is 14.0. The van der Waals surface area contributed by atoms with Gasteiger partial charge in [-0.15, -0.1) is 0 Å². The predicted molar refractivity (Wildman–Crippen MR) is 199 cm³/mol. The molecule has 6 nitrogen and oxygen atoms in total. The molecule has 0 aromatic rings. The summed E-state index contributed by atoms with van der Waals surface area (Å²) in [6.07, 6.45) is 37.3. The molecule has 0 aliphatic rings. The number of unbranched alkanes of at least 4 members (excludes halogenated alkanes) is 26. The molecule has 0 spiro atoms. The summed E-state index contributed by atoms with van der Waals surface area (Å²) in [6.45, 7) is 7.25. The molecule has 0 saturated carbocycles. The van der Waals surface area contributed by atoms with Crippen molar-refractivity contribution in [3.8, 4) is 0 Å². The second kappa shape index (κ2) is 37.2. The highest BCUT2D eigenvalue weighted by atomic mass is 16.5. The van der Waals surface area contributed by atoms with Crippen LogP contribution in [0.2, 0.25) is 0 Å². The first kappa shape index (κ1) is 45.4. The first-order valence-electron chi connectivity index (χ1n) is 20.7. The van der Waals surface area contributed by atoms with Gasteiger partial charge >= 0.3 is 11.9 Å². The molecule has 0 bridgehead atoms. The highest BCUT2D eigenvalue weighted by Crippen LogP contribution is 2.15. The highest BCUT2D eigenvalue weighted by molar-refractivity contribution is 5.84. The molecule has 0 aliphatic heterocycles. The summed E-state index contributed by atoms with van der Waals surface area (Å²) in [6, 6.07) is -0.797. The Balaban J connectivity index is 3.90. The van der Waals surface area contributed by atoms with E-state index in [-0.39, 0.29) is 24.7 Å². The van der Waals surface area contributed by atoms with Crippen molar-refractivity contribution in [2.24, 2.45) is 0 Å². The molecule has 278 valence electrons. The van der Waals surface area contributed by atoms with Crippen LogP contribution < -0.4 is 5.32 Å². The van der Waals surface area contributed by atoms with Crippen molar-refractivity contribution in [3.63, 3.8) is 0 Å². The summed E-state index contributed by atoms with van der Waals surface area (Å²) >= 11 is 0. The lowest BCUT2D eigenvalue weighted by Crippen LogP contribution is -2.42. The van der Waals surface area contributed by atoms with E-state index in [4.69, 9.17) is 9.47 Å². The minimum atomic E-state index is -0.797. The van der Waals surface area contributed by atoms with E-state index in [9.17, 15) is 14.4 Å². The van der Waals surface area contributed by atoms with Crippen molar-refractivity contribution in [1.29, 1.82) is 0 Å². The van der Waals surface area contributed by atoms with Crippen LogP contribution in [0.5, 0.6) is 0 Å². The van der Waals surface area contributed by atoms with E-state index < -0.39 is 12.0 Å². The van der Waals surface area contributed by atoms with Crippen LogP contribution in [0, 0.1) is 0 Å². The van der Waals surface area contributed by atoms with Gasteiger partial charge in [-0.1, -0.05) is 188 Å².